The molecule has 0 aromatic carbocycles. The predicted molar refractivity (Wildman–Crippen MR) is 70.2 cm³/mol. The summed E-state index contributed by atoms with van der Waals surface area (Å²) < 4.78 is 0. The Morgan fingerprint density at radius 1 is 1.50 bits per heavy atom. The van der Waals surface area contributed by atoms with Gasteiger partial charge in [-0.15, -0.1) is 0 Å². The molecule has 3 nitrogen and oxygen atoms in total. The van der Waals surface area contributed by atoms with Crippen LogP contribution in [0.2, 0.25) is 0 Å². The Morgan fingerprint density at radius 2 is 2.12 bits per heavy atom. The molecular weight excluding hydrogens is 220 g/mol. The molecule has 16 heavy (non-hydrogen) atoms. The Labute approximate surface area is 103 Å². The highest BCUT2D eigenvalue weighted by Gasteiger charge is 2.35. The van der Waals surface area contributed by atoms with E-state index >= 15 is 0 Å². The molecular formula is C12H22N2OS. The van der Waals surface area contributed by atoms with Crippen molar-refractivity contribution in [3.8, 4) is 0 Å². The lowest BCUT2D eigenvalue weighted by atomic mass is 10.0. The average molecular weight is 242 g/mol. The van der Waals surface area contributed by atoms with E-state index in [2.05, 4.69) is 6.92 Å². The van der Waals surface area contributed by atoms with E-state index in [1.54, 1.807) is 0 Å². The van der Waals surface area contributed by atoms with Gasteiger partial charge in [-0.25, -0.2) is 0 Å². The van der Waals surface area contributed by atoms with Crippen LogP contribution in [0.25, 0.3) is 0 Å². The number of hydrogen-bond donors (Lipinski definition) is 1. The summed E-state index contributed by atoms with van der Waals surface area (Å²) in [6, 6.07) is 0.461. The smallest absolute Gasteiger partial charge is 0.232 e. The molecule has 0 spiro atoms. The molecule has 0 bridgehead atoms. The van der Waals surface area contributed by atoms with Crippen LogP contribution in [0, 0.1) is 5.92 Å². The molecule has 92 valence electrons. The summed E-state index contributed by atoms with van der Waals surface area (Å²) in [6.07, 6.45) is 5.17. The van der Waals surface area contributed by atoms with E-state index in [1.807, 2.05) is 11.8 Å². The molecule has 1 aliphatic rings. The molecule has 0 aromatic heterocycles. The second kappa shape index (κ2) is 6.18. The van der Waals surface area contributed by atoms with Crippen LogP contribution in [0.3, 0.4) is 0 Å². The Kier molecular flexibility index (Phi) is 5.19. The molecule has 1 aliphatic carbocycles. The number of amides is 1. The van der Waals surface area contributed by atoms with Crippen LogP contribution in [0.5, 0.6) is 0 Å². The molecule has 0 aromatic rings. The Bertz CT molecular complexity index is 264. The van der Waals surface area contributed by atoms with E-state index in [1.165, 1.54) is 0 Å². The van der Waals surface area contributed by atoms with E-state index in [-0.39, 0.29) is 11.8 Å². The molecule has 0 aliphatic heterocycles. The maximum Gasteiger partial charge on any atom is 0.232 e. The number of thiocarbonyl (C=S) groups is 1. The minimum atomic E-state index is -0.257. The summed E-state index contributed by atoms with van der Waals surface area (Å²) in [7, 11) is 0. The first-order valence-corrected chi connectivity index (χ1v) is 6.62. The maximum atomic E-state index is 12.3. The van der Waals surface area contributed by atoms with Crippen molar-refractivity contribution < 1.29 is 4.79 Å². The molecule has 0 saturated heterocycles. The number of rotatable bonds is 7. The fourth-order valence-corrected chi connectivity index (χ4v) is 2.15. The summed E-state index contributed by atoms with van der Waals surface area (Å²) in [5, 5.41) is 0. The quantitative estimate of drug-likeness (QED) is 0.695. The first-order chi connectivity index (χ1) is 7.61. The Morgan fingerprint density at radius 3 is 2.50 bits per heavy atom. The highest BCUT2D eigenvalue weighted by Crippen LogP contribution is 2.29. The van der Waals surface area contributed by atoms with Gasteiger partial charge in [0, 0.05) is 12.6 Å². The molecule has 1 unspecified atom stereocenters. The number of nitrogens with two attached hydrogens (primary N) is 1. The number of carbonyl (C=O) groups excluding carboxylic acids is 1. The molecule has 2 N–H and O–H groups in total. The normalized spacial score (nSPS) is 16.9. The minimum absolute atomic E-state index is 0.144. The van der Waals surface area contributed by atoms with Crippen molar-refractivity contribution in [1.29, 1.82) is 0 Å². The molecule has 4 heteroatoms. The first kappa shape index (κ1) is 13.4. The zero-order valence-electron chi connectivity index (χ0n) is 10.2. The van der Waals surface area contributed by atoms with Gasteiger partial charge in [0.15, 0.2) is 0 Å². The van der Waals surface area contributed by atoms with Gasteiger partial charge in [0.2, 0.25) is 5.91 Å². The molecule has 0 heterocycles. The lowest BCUT2D eigenvalue weighted by Gasteiger charge is -2.26. The summed E-state index contributed by atoms with van der Waals surface area (Å²) >= 11 is 4.96. The van der Waals surface area contributed by atoms with E-state index < -0.39 is 0 Å². The second-order valence-corrected chi connectivity index (χ2v) is 4.95. The Balaban J connectivity index is 2.61. The molecule has 1 rings (SSSR count). The monoisotopic (exact) mass is 242 g/mol. The fourth-order valence-electron chi connectivity index (χ4n) is 1.89. The van der Waals surface area contributed by atoms with E-state index in [0.29, 0.717) is 17.5 Å². The number of carbonyl (C=O) groups is 1. The van der Waals surface area contributed by atoms with Gasteiger partial charge < -0.3 is 10.6 Å². The van der Waals surface area contributed by atoms with Crippen molar-refractivity contribution in [2.24, 2.45) is 11.7 Å². The third-order valence-electron chi connectivity index (χ3n) is 3.07. The third-order valence-corrected chi connectivity index (χ3v) is 3.36. The van der Waals surface area contributed by atoms with Gasteiger partial charge in [-0.2, -0.15) is 0 Å². The zero-order chi connectivity index (χ0) is 12.1. The van der Waals surface area contributed by atoms with Crippen LogP contribution in [-0.2, 0) is 4.79 Å². The summed E-state index contributed by atoms with van der Waals surface area (Å²) in [4.78, 5) is 14.6. The standard InChI is InChI=1S/C12H22N2OS/c1-3-5-8-14(9-6-7-9)12(15)10(4-2)11(13)16/h9-10H,3-8H2,1-2H3,(H2,13,16). The Hall–Kier alpha value is -0.640. The highest BCUT2D eigenvalue weighted by molar-refractivity contribution is 7.80. The van der Waals surface area contributed by atoms with Gasteiger partial charge in [-0.05, 0) is 25.7 Å². The fraction of sp³-hybridized carbons (Fsp3) is 0.833. The van der Waals surface area contributed by atoms with Crippen LogP contribution < -0.4 is 5.73 Å². The van der Waals surface area contributed by atoms with Crippen molar-refractivity contribution >= 4 is 23.1 Å². The van der Waals surface area contributed by atoms with Crippen LogP contribution >= 0.6 is 12.2 Å². The average Bonchev–Trinajstić information content (AvgIpc) is 3.03. The van der Waals surface area contributed by atoms with E-state index in [0.717, 1.165) is 32.2 Å². The topological polar surface area (TPSA) is 46.3 Å². The van der Waals surface area contributed by atoms with Gasteiger partial charge in [0.05, 0.1) is 10.9 Å². The molecule has 1 amide bonds. The van der Waals surface area contributed by atoms with Crippen molar-refractivity contribution in [2.75, 3.05) is 6.54 Å². The summed E-state index contributed by atoms with van der Waals surface area (Å²) in [5.41, 5.74) is 5.62. The second-order valence-electron chi connectivity index (χ2n) is 4.48. The van der Waals surface area contributed by atoms with Crippen LogP contribution in [-0.4, -0.2) is 28.4 Å². The van der Waals surface area contributed by atoms with Gasteiger partial charge in [0.1, 0.15) is 0 Å². The van der Waals surface area contributed by atoms with E-state index in [4.69, 9.17) is 18.0 Å². The maximum absolute atomic E-state index is 12.3. The molecule has 1 saturated carbocycles. The van der Waals surface area contributed by atoms with Gasteiger partial charge in [-0.3, -0.25) is 4.79 Å². The van der Waals surface area contributed by atoms with Gasteiger partial charge in [-0.1, -0.05) is 32.5 Å². The van der Waals surface area contributed by atoms with Crippen molar-refractivity contribution in [2.45, 2.75) is 52.0 Å². The van der Waals surface area contributed by atoms with Crippen molar-refractivity contribution in [3.05, 3.63) is 0 Å². The SMILES string of the molecule is CCCCN(C(=O)C(CC)C(N)=S)C1CC1. The predicted octanol–water partition coefficient (Wildman–Crippen LogP) is 2.09. The van der Waals surface area contributed by atoms with Crippen molar-refractivity contribution in [3.63, 3.8) is 0 Å². The number of hydrogen-bond acceptors (Lipinski definition) is 2. The largest absolute Gasteiger partial charge is 0.393 e. The zero-order valence-corrected chi connectivity index (χ0v) is 11.1. The molecule has 1 atom stereocenters. The van der Waals surface area contributed by atoms with Crippen LogP contribution in [0.1, 0.15) is 46.0 Å². The molecule has 0 radical (unpaired) electrons. The lowest BCUT2D eigenvalue weighted by Crippen LogP contribution is -2.42. The summed E-state index contributed by atoms with van der Waals surface area (Å²) in [6.45, 7) is 4.96. The number of nitrogens with zero attached hydrogens (tertiary/aromatic N) is 1. The van der Waals surface area contributed by atoms with Gasteiger partial charge in [0.25, 0.3) is 0 Å². The summed E-state index contributed by atoms with van der Waals surface area (Å²) in [5.74, 6) is -0.113. The third kappa shape index (κ3) is 3.44. The molecule has 1 fully saturated rings. The highest BCUT2D eigenvalue weighted by atomic mass is 32.1. The van der Waals surface area contributed by atoms with Crippen LogP contribution in [0.15, 0.2) is 0 Å². The first-order valence-electron chi connectivity index (χ1n) is 6.21. The van der Waals surface area contributed by atoms with Crippen LogP contribution in [0.4, 0.5) is 0 Å². The van der Waals surface area contributed by atoms with Crippen molar-refractivity contribution in [1.82, 2.24) is 4.90 Å². The minimum Gasteiger partial charge on any atom is -0.393 e. The number of unbranched alkanes of at least 4 members (excludes halogenated alkanes) is 1. The van der Waals surface area contributed by atoms with Gasteiger partial charge >= 0.3 is 0 Å². The van der Waals surface area contributed by atoms with E-state index in [9.17, 15) is 4.79 Å². The lowest BCUT2D eigenvalue weighted by molar-refractivity contribution is -0.134.